The Balaban J connectivity index is 1.58. The Hall–Kier alpha value is -2.91. The standard InChI is InChI=1S/C23H24F2N4O2S/c1-23(2)8-12(5-13(26)9-23)15-3-4-27-10-18(15)28-21(31)19-11-32-22(29-19)20-16(24)6-14(30)7-17(20)25/h3-4,6-7,10-13,30H,5,8-9,26H2,1-2H3,(H,28,31). The van der Waals surface area contributed by atoms with Crippen LogP contribution in [-0.4, -0.2) is 27.0 Å². The summed E-state index contributed by atoms with van der Waals surface area (Å²) in [5.41, 5.74) is 7.56. The maximum atomic E-state index is 14.2. The van der Waals surface area contributed by atoms with Gasteiger partial charge >= 0.3 is 0 Å². The van der Waals surface area contributed by atoms with Gasteiger partial charge in [0.05, 0.1) is 17.4 Å². The molecule has 2 aromatic heterocycles. The number of nitrogens with zero attached hydrogens (tertiary/aromatic N) is 2. The first-order valence-electron chi connectivity index (χ1n) is 10.3. The van der Waals surface area contributed by atoms with E-state index in [0.29, 0.717) is 5.69 Å². The van der Waals surface area contributed by atoms with Crippen molar-refractivity contribution in [2.24, 2.45) is 11.1 Å². The van der Waals surface area contributed by atoms with Crippen LogP contribution in [0.1, 0.15) is 55.1 Å². The van der Waals surface area contributed by atoms with E-state index in [2.05, 4.69) is 29.1 Å². The lowest BCUT2D eigenvalue weighted by Crippen LogP contribution is -2.36. The Morgan fingerprint density at radius 3 is 2.69 bits per heavy atom. The summed E-state index contributed by atoms with van der Waals surface area (Å²) in [6, 6.07) is 3.58. The number of carbonyl (C=O) groups excluding carboxylic acids is 1. The zero-order chi connectivity index (χ0) is 23.0. The number of carbonyl (C=O) groups is 1. The highest BCUT2D eigenvalue weighted by atomic mass is 32.1. The average molecular weight is 459 g/mol. The van der Waals surface area contributed by atoms with Crippen LogP contribution in [0, 0.1) is 17.0 Å². The van der Waals surface area contributed by atoms with Gasteiger partial charge in [0.15, 0.2) is 0 Å². The third-order valence-corrected chi connectivity index (χ3v) is 6.58. The maximum absolute atomic E-state index is 14.2. The number of pyridine rings is 1. The van der Waals surface area contributed by atoms with Gasteiger partial charge in [-0.2, -0.15) is 0 Å². The fourth-order valence-electron chi connectivity index (χ4n) is 4.54. The van der Waals surface area contributed by atoms with Gasteiger partial charge in [-0.05, 0) is 42.2 Å². The molecule has 0 saturated heterocycles. The number of hydrogen-bond acceptors (Lipinski definition) is 6. The minimum atomic E-state index is -0.949. The second-order valence-electron chi connectivity index (χ2n) is 9.00. The van der Waals surface area contributed by atoms with Crippen LogP contribution < -0.4 is 11.1 Å². The number of amides is 1. The molecule has 0 spiro atoms. The van der Waals surface area contributed by atoms with Gasteiger partial charge in [0.1, 0.15) is 28.1 Å². The van der Waals surface area contributed by atoms with Crippen molar-refractivity contribution < 1.29 is 18.7 Å². The van der Waals surface area contributed by atoms with Crippen molar-refractivity contribution in [3.63, 3.8) is 0 Å². The van der Waals surface area contributed by atoms with E-state index in [1.807, 2.05) is 6.07 Å². The predicted octanol–water partition coefficient (Wildman–Crippen LogP) is 5.06. The molecule has 1 amide bonds. The van der Waals surface area contributed by atoms with E-state index in [1.54, 1.807) is 12.4 Å². The number of aromatic nitrogens is 2. The van der Waals surface area contributed by atoms with E-state index < -0.39 is 23.3 Å². The SMILES string of the molecule is CC1(C)CC(N)CC(c2ccncc2NC(=O)c2csc(-c3c(F)cc(O)cc3F)n2)C1. The number of halogens is 2. The first kappa shape index (κ1) is 22.3. The van der Waals surface area contributed by atoms with Gasteiger partial charge in [-0.1, -0.05) is 13.8 Å². The van der Waals surface area contributed by atoms with Crippen LogP contribution >= 0.6 is 11.3 Å². The Labute approximate surface area is 188 Å². The molecule has 1 aromatic carbocycles. The number of aromatic hydroxyl groups is 1. The molecule has 4 N–H and O–H groups in total. The second-order valence-corrected chi connectivity index (χ2v) is 9.86. The number of anilines is 1. The third kappa shape index (κ3) is 4.63. The number of benzene rings is 1. The van der Waals surface area contributed by atoms with Crippen LogP contribution in [0.5, 0.6) is 5.75 Å². The van der Waals surface area contributed by atoms with E-state index >= 15 is 0 Å². The summed E-state index contributed by atoms with van der Waals surface area (Å²) in [6.07, 6.45) is 5.98. The molecule has 1 saturated carbocycles. The molecule has 4 rings (SSSR count). The van der Waals surface area contributed by atoms with Crippen LogP contribution in [-0.2, 0) is 0 Å². The largest absolute Gasteiger partial charge is 0.508 e. The lowest BCUT2D eigenvalue weighted by molar-refractivity contribution is 0.102. The summed E-state index contributed by atoms with van der Waals surface area (Å²) in [5.74, 6) is -2.74. The van der Waals surface area contributed by atoms with Crippen LogP contribution in [0.25, 0.3) is 10.6 Å². The normalized spacial score (nSPS) is 20.2. The van der Waals surface area contributed by atoms with Gasteiger partial charge in [0, 0.05) is 29.8 Å². The Kier molecular flexibility index (Phi) is 5.96. The second kappa shape index (κ2) is 8.55. The number of nitrogens with one attached hydrogen (secondary N) is 1. The fourth-order valence-corrected chi connectivity index (χ4v) is 5.39. The van der Waals surface area contributed by atoms with Gasteiger partial charge < -0.3 is 16.2 Å². The summed E-state index contributed by atoms with van der Waals surface area (Å²) < 4.78 is 28.3. The highest BCUT2D eigenvalue weighted by Crippen LogP contribution is 2.44. The van der Waals surface area contributed by atoms with Crippen molar-refractivity contribution in [3.8, 4) is 16.3 Å². The number of thiazole rings is 1. The van der Waals surface area contributed by atoms with Crippen LogP contribution in [0.4, 0.5) is 14.5 Å². The van der Waals surface area contributed by atoms with Crippen molar-refractivity contribution >= 4 is 22.9 Å². The summed E-state index contributed by atoms with van der Waals surface area (Å²) in [4.78, 5) is 21.1. The summed E-state index contributed by atoms with van der Waals surface area (Å²) >= 11 is 0.942. The number of hydrogen-bond donors (Lipinski definition) is 3. The van der Waals surface area contributed by atoms with Gasteiger partial charge in [-0.25, -0.2) is 13.8 Å². The topological polar surface area (TPSA) is 101 Å². The summed E-state index contributed by atoms with van der Waals surface area (Å²) in [5, 5.41) is 13.6. The van der Waals surface area contributed by atoms with Gasteiger partial charge in [0.2, 0.25) is 0 Å². The molecular formula is C23H24F2N4O2S. The monoisotopic (exact) mass is 458 g/mol. The molecule has 1 aliphatic carbocycles. The maximum Gasteiger partial charge on any atom is 0.275 e. The fraction of sp³-hybridized carbons (Fsp3) is 0.348. The van der Waals surface area contributed by atoms with E-state index in [-0.39, 0.29) is 33.6 Å². The van der Waals surface area contributed by atoms with Crippen molar-refractivity contribution in [3.05, 3.63) is 58.9 Å². The molecule has 0 radical (unpaired) electrons. The minimum Gasteiger partial charge on any atom is -0.508 e. The Morgan fingerprint density at radius 1 is 1.28 bits per heavy atom. The van der Waals surface area contributed by atoms with Gasteiger partial charge in [-0.15, -0.1) is 11.3 Å². The molecule has 1 aliphatic rings. The summed E-state index contributed by atoms with van der Waals surface area (Å²) in [6.45, 7) is 4.38. The highest BCUT2D eigenvalue weighted by Gasteiger charge is 2.34. The number of phenols is 1. The molecule has 2 heterocycles. The van der Waals surface area contributed by atoms with E-state index in [0.717, 1.165) is 48.3 Å². The number of phenolic OH excluding ortho intramolecular Hbond substituents is 1. The molecule has 0 bridgehead atoms. The van der Waals surface area contributed by atoms with Gasteiger partial charge in [-0.3, -0.25) is 9.78 Å². The third-order valence-electron chi connectivity index (χ3n) is 5.72. The summed E-state index contributed by atoms with van der Waals surface area (Å²) in [7, 11) is 0. The van der Waals surface area contributed by atoms with Crippen molar-refractivity contribution in [2.45, 2.75) is 45.1 Å². The molecule has 6 nitrogen and oxygen atoms in total. The van der Waals surface area contributed by atoms with E-state index in [1.165, 1.54) is 5.38 Å². The zero-order valence-electron chi connectivity index (χ0n) is 17.7. The molecule has 0 aliphatic heterocycles. The first-order valence-corrected chi connectivity index (χ1v) is 11.2. The zero-order valence-corrected chi connectivity index (χ0v) is 18.5. The van der Waals surface area contributed by atoms with Crippen LogP contribution in [0.3, 0.4) is 0 Å². The van der Waals surface area contributed by atoms with Gasteiger partial charge in [0.25, 0.3) is 5.91 Å². The molecule has 2 atom stereocenters. The lowest BCUT2D eigenvalue weighted by Gasteiger charge is -2.39. The Morgan fingerprint density at radius 2 is 2.00 bits per heavy atom. The molecule has 3 aromatic rings. The molecule has 168 valence electrons. The van der Waals surface area contributed by atoms with Crippen molar-refractivity contribution in [2.75, 3.05) is 5.32 Å². The molecule has 32 heavy (non-hydrogen) atoms. The average Bonchev–Trinajstić information content (AvgIpc) is 3.16. The van der Waals surface area contributed by atoms with Crippen molar-refractivity contribution in [1.82, 2.24) is 9.97 Å². The minimum absolute atomic E-state index is 0.0107. The lowest BCUT2D eigenvalue weighted by atomic mass is 9.68. The highest BCUT2D eigenvalue weighted by molar-refractivity contribution is 7.13. The predicted molar refractivity (Wildman–Crippen MR) is 120 cm³/mol. The molecule has 1 fully saturated rings. The smallest absolute Gasteiger partial charge is 0.275 e. The van der Waals surface area contributed by atoms with Crippen molar-refractivity contribution in [1.29, 1.82) is 0 Å². The molecule has 9 heteroatoms. The van der Waals surface area contributed by atoms with Crippen LogP contribution in [0.2, 0.25) is 0 Å². The Bertz CT molecular complexity index is 1140. The van der Waals surface area contributed by atoms with E-state index in [9.17, 15) is 18.7 Å². The van der Waals surface area contributed by atoms with E-state index in [4.69, 9.17) is 5.73 Å². The number of rotatable bonds is 4. The van der Waals surface area contributed by atoms with Crippen LogP contribution in [0.15, 0.2) is 36.0 Å². The first-order chi connectivity index (χ1) is 15.1. The molecule has 2 unspecified atom stereocenters. The quantitative estimate of drug-likeness (QED) is 0.507. The number of nitrogens with two attached hydrogens (primary N) is 1. The molecular weight excluding hydrogens is 434 g/mol.